The van der Waals surface area contributed by atoms with Crippen molar-refractivity contribution in [3.8, 4) is 17.2 Å². The number of benzene rings is 2. The number of aromatic hydroxyl groups is 1. The van der Waals surface area contributed by atoms with Crippen molar-refractivity contribution in [3.05, 3.63) is 137 Å². The number of pyridine rings is 3. The molecular formula is C31H19Br3N4O4. The SMILES string of the molecule is O=c1[nH]c2c(c3ncccc13)Cc1c(Br)cccc1-2.O=c1cc2ncccc2c(O)o1.[C-]#[N+]c1cccc(Br)c1CBr. The molecule has 0 saturated heterocycles. The van der Waals surface area contributed by atoms with Gasteiger partial charge in [0.2, 0.25) is 0 Å². The second kappa shape index (κ2) is 12.8. The zero-order valence-electron chi connectivity index (χ0n) is 21.6. The van der Waals surface area contributed by atoms with Crippen LogP contribution in [0.1, 0.15) is 16.7 Å². The zero-order chi connectivity index (χ0) is 29.8. The lowest BCUT2D eigenvalue weighted by Crippen LogP contribution is -2.09. The normalized spacial score (nSPS) is 11.0. The van der Waals surface area contributed by atoms with Gasteiger partial charge in [0.15, 0.2) is 5.69 Å². The topological polar surface area (TPSA) is 113 Å². The maximum absolute atomic E-state index is 12.1. The summed E-state index contributed by atoms with van der Waals surface area (Å²) in [7, 11) is 0. The third-order valence-corrected chi connectivity index (χ3v) is 8.54. The predicted octanol–water partition coefficient (Wildman–Crippen LogP) is 8.05. The van der Waals surface area contributed by atoms with E-state index in [9.17, 15) is 9.59 Å². The Labute approximate surface area is 264 Å². The Morgan fingerprint density at radius 3 is 2.38 bits per heavy atom. The van der Waals surface area contributed by atoms with Gasteiger partial charge in [-0.05, 0) is 41.5 Å². The van der Waals surface area contributed by atoms with Crippen molar-refractivity contribution in [3.63, 3.8) is 0 Å². The predicted molar refractivity (Wildman–Crippen MR) is 173 cm³/mol. The van der Waals surface area contributed by atoms with E-state index in [0.717, 1.165) is 43.3 Å². The van der Waals surface area contributed by atoms with Gasteiger partial charge in [-0.15, -0.1) is 0 Å². The van der Waals surface area contributed by atoms with E-state index in [1.165, 1.54) is 11.6 Å². The van der Waals surface area contributed by atoms with Crippen LogP contribution in [0, 0.1) is 6.57 Å². The van der Waals surface area contributed by atoms with Crippen LogP contribution in [0.2, 0.25) is 0 Å². The molecule has 0 aliphatic heterocycles. The molecule has 0 fully saturated rings. The number of aromatic amines is 1. The van der Waals surface area contributed by atoms with E-state index in [-0.39, 0.29) is 11.5 Å². The lowest BCUT2D eigenvalue weighted by atomic mass is 10.1. The number of nitrogens with zero attached hydrogens (tertiary/aromatic N) is 3. The highest BCUT2D eigenvalue weighted by Crippen LogP contribution is 2.40. The minimum absolute atomic E-state index is 0.0744. The molecule has 4 aromatic heterocycles. The quantitative estimate of drug-likeness (QED) is 0.130. The Morgan fingerprint density at radius 2 is 1.64 bits per heavy atom. The van der Waals surface area contributed by atoms with Gasteiger partial charge in [0, 0.05) is 44.2 Å². The highest BCUT2D eigenvalue weighted by Gasteiger charge is 2.24. The fourth-order valence-corrected chi connectivity index (χ4v) is 6.51. The number of hydrogen-bond acceptors (Lipinski definition) is 6. The fraction of sp³-hybridized carbons (Fsp3) is 0.0645. The average Bonchev–Trinajstić information content (AvgIpc) is 3.38. The number of fused-ring (bicyclic) bond motifs is 6. The summed E-state index contributed by atoms with van der Waals surface area (Å²) in [5.41, 5.74) is 6.62. The summed E-state index contributed by atoms with van der Waals surface area (Å²) in [6.07, 6.45) is 4.08. The Hall–Kier alpha value is -4.11. The molecule has 2 N–H and O–H groups in total. The second-order valence-electron chi connectivity index (χ2n) is 8.94. The highest BCUT2D eigenvalue weighted by molar-refractivity contribution is 9.11. The number of nitrogens with one attached hydrogen (secondary N) is 1. The maximum atomic E-state index is 12.1. The molecule has 0 saturated carbocycles. The number of H-pyrrole nitrogens is 1. The van der Waals surface area contributed by atoms with Crippen molar-refractivity contribution < 1.29 is 9.52 Å². The van der Waals surface area contributed by atoms with Crippen molar-refractivity contribution in [2.45, 2.75) is 11.8 Å². The number of aromatic nitrogens is 3. The van der Waals surface area contributed by atoms with Gasteiger partial charge < -0.3 is 14.5 Å². The Kier molecular flexibility index (Phi) is 8.97. The standard InChI is InChI=1S/C15H9BrN2O.C8H5Br2N.C8H5NO3/c16-12-5-1-3-8-10(12)7-11-13-9(4-2-6-17-13)15(19)18-14(8)11;1-11-8-4-2-3-7(10)6(8)5-9;10-7-4-6-5(8(11)12-7)2-1-3-9-6/h1-6H,7H2,(H,18,19);2-4H,5H2;1-4,11H. The van der Waals surface area contributed by atoms with Crippen LogP contribution in [-0.4, -0.2) is 20.1 Å². The molecule has 0 amide bonds. The molecule has 2 aromatic carbocycles. The summed E-state index contributed by atoms with van der Waals surface area (Å²) in [6, 6.07) is 19.8. The van der Waals surface area contributed by atoms with E-state index in [2.05, 4.69) is 72.0 Å². The third kappa shape index (κ3) is 5.92. The largest absolute Gasteiger partial charge is 0.480 e. The number of alkyl halides is 1. The maximum Gasteiger partial charge on any atom is 0.340 e. The molecule has 6 aromatic rings. The number of halogens is 3. The van der Waals surface area contributed by atoms with E-state index < -0.39 is 5.63 Å². The summed E-state index contributed by atoms with van der Waals surface area (Å²) in [6.45, 7) is 6.87. The molecule has 0 radical (unpaired) electrons. The molecule has 1 aliphatic carbocycles. The fourth-order valence-electron chi connectivity index (χ4n) is 4.54. The molecule has 208 valence electrons. The molecule has 0 unspecified atom stereocenters. The zero-order valence-corrected chi connectivity index (χ0v) is 26.3. The van der Waals surface area contributed by atoms with Gasteiger partial charge >= 0.3 is 5.63 Å². The number of hydrogen-bond donors (Lipinski definition) is 2. The first-order chi connectivity index (χ1) is 20.3. The Morgan fingerprint density at radius 1 is 0.929 bits per heavy atom. The summed E-state index contributed by atoms with van der Waals surface area (Å²) in [5, 5.41) is 11.0. The molecule has 0 spiro atoms. The lowest BCUT2D eigenvalue weighted by molar-refractivity contribution is 0.317. The Bertz CT molecular complexity index is 2120. The van der Waals surface area contributed by atoms with E-state index >= 15 is 0 Å². The third-order valence-electron chi connectivity index (χ3n) is 6.49. The first-order valence-electron chi connectivity index (χ1n) is 12.4. The van der Waals surface area contributed by atoms with Gasteiger partial charge in [-0.3, -0.25) is 14.8 Å². The lowest BCUT2D eigenvalue weighted by Gasteiger charge is -2.03. The van der Waals surface area contributed by atoms with E-state index in [1.807, 2.05) is 42.5 Å². The van der Waals surface area contributed by atoms with Crippen LogP contribution < -0.4 is 11.2 Å². The van der Waals surface area contributed by atoms with Crippen LogP contribution in [0.15, 0.2) is 102 Å². The molecule has 11 heteroatoms. The molecule has 42 heavy (non-hydrogen) atoms. The van der Waals surface area contributed by atoms with Crippen molar-refractivity contribution in [1.29, 1.82) is 0 Å². The first kappa shape index (κ1) is 29.4. The second-order valence-corrected chi connectivity index (χ2v) is 11.2. The minimum Gasteiger partial charge on any atom is -0.480 e. The van der Waals surface area contributed by atoms with Gasteiger partial charge in [0.1, 0.15) is 0 Å². The van der Waals surface area contributed by atoms with Gasteiger partial charge in [-0.1, -0.05) is 78.1 Å². The van der Waals surface area contributed by atoms with Gasteiger partial charge in [-0.25, -0.2) is 9.64 Å². The van der Waals surface area contributed by atoms with Crippen LogP contribution >= 0.6 is 47.8 Å². The smallest absolute Gasteiger partial charge is 0.340 e. The van der Waals surface area contributed by atoms with Crippen molar-refractivity contribution in [1.82, 2.24) is 15.0 Å². The van der Waals surface area contributed by atoms with Gasteiger partial charge in [0.25, 0.3) is 11.5 Å². The molecule has 1 aliphatic rings. The van der Waals surface area contributed by atoms with Crippen molar-refractivity contribution in [2.24, 2.45) is 0 Å². The van der Waals surface area contributed by atoms with E-state index in [0.29, 0.717) is 27.3 Å². The first-order valence-corrected chi connectivity index (χ1v) is 15.1. The molecule has 0 atom stereocenters. The Balaban J connectivity index is 0.000000134. The monoisotopic (exact) mass is 748 g/mol. The summed E-state index contributed by atoms with van der Waals surface area (Å²) >= 11 is 10.3. The van der Waals surface area contributed by atoms with E-state index in [4.69, 9.17) is 11.7 Å². The molecular weight excluding hydrogens is 732 g/mol. The van der Waals surface area contributed by atoms with Crippen LogP contribution in [0.25, 0.3) is 37.9 Å². The van der Waals surface area contributed by atoms with Crippen molar-refractivity contribution >= 4 is 75.3 Å². The summed E-state index contributed by atoms with van der Waals surface area (Å²) < 4.78 is 6.51. The average molecular weight is 751 g/mol. The summed E-state index contributed by atoms with van der Waals surface area (Å²) in [5.74, 6) is -0.384. The molecule has 4 heterocycles. The van der Waals surface area contributed by atoms with Crippen LogP contribution in [-0.2, 0) is 11.8 Å². The molecule has 8 nitrogen and oxygen atoms in total. The van der Waals surface area contributed by atoms with Crippen LogP contribution in [0.5, 0.6) is 5.95 Å². The van der Waals surface area contributed by atoms with Gasteiger partial charge in [-0.2, -0.15) is 0 Å². The summed E-state index contributed by atoms with van der Waals surface area (Å²) in [4.78, 5) is 37.5. The van der Waals surface area contributed by atoms with E-state index in [1.54, 1.807) is 30.6 Å². The van der Waals surface area contributed by atoms with Gasteiger partial charge in [0.05, 0.1) is 40.1 Å². The highest BCUT2D eigenvalue weighted by atomic mass is 79.9. The van der Waals surface area contributed by atoms with Crippen molar-refractivity contribution in [2.75, 3.05) is 0 Å². The van der Waals surface area contributed by atoms with Crippen LogP contribution in [0.4, 0.5) is 5.69 Å². The minimum atomic E-state index is -0.598. The van der Waals surface area contributed by atoms with Crippen LogP contribution in [0.3, 0.4) is 0 Å². The number of rotatable bonds is 1. The molecule has 0 bridgehead atoms. The molecule has 7 rings (SSSR count).